The monoisotopic (exact) mass is 403 g/mol. The SMILES string of the molecule is CC1(C)CC2CC(C)(CN2CC#CCC(O)(c2ccccc2)C(C)(C)C)C1.Cl. The standard InChI is InChI=1S/C25H37NO.ClH/c1-22(2,3)25(27,20-12-8-7-9-13-20)14-10-11-15-26-19-24(6)17-21(26)16-23(4,5)18-24;/h7-9,12-13,21,27H,14-19H2,1-6H3;1H. The van der Waals surface area contributed by atoms with E-state index >= 15 is 0 Å². The van der Waals surface area contributed by atoms with E-state index in [1.807, 2.05) is 30.3 Å². The van der Waals surface area contributed by atoms with E-state index < -0.39 is 5.60 Å². The first-order valence-corrected chi connectivity index (χ1v) is 10.4. The van der Waals surface area contributed by atoms with E-state index in [-0.39, 0.29) is 17.8 Å². The number of likely N-dealkylation sites (tertiary alicyclic amines) is 1. The Hall–Kier alpha value is -1.01. The molecule has 3 unspecified atom stereocenters. The lowest BCUT2D eigenvalue weighted by molar-refractivity contribution is -0.0599. The number of nitrogens with zero attached hydrogens (tertiary/aromatic N) is 1. The molecule has 3 heteroatoms. The molecule has 2 bridgehead atoms. The summed E-state index contributed by atoms with van der Waals surface area (Å²) in [5.41, 5.74) is 0.642. The fraction of sp³-hybridized carbons (Fsp3) is 0.680. The molecule has 0 aromatic heterocycles. The van der Waals surface area contributed by atoms with Crippen molar-refractivity contribution in [1.82, 2.24) is 4.90 Å². The molecule has 3 atom stereocenters. The maximum absolute atomic E-state index is 11.5. The third-order valence-corrected chi connectivity index (χ3v) is 6.77. The highest BCUT2D eigenvalue weighted by Crippen LogP contribution is 2.52. The molecule has 2 fully saturated rings. The Morgan fingerprint density at radius 3 is 2.32 bits per heavy atom. The van der Waals surface area contributed by atoms with E-state index in [1.54, 1.807) is 0 Å². The van der Waals surface area contributed by atoms with Crippen LogP contribution in [0.2, 0.25) is 0 Å². The third kappa shape index (κ3) is 4.76. The molecule has 1 heterocycles. The summed E-state index contributed by atoms with van der Waals surface area (Å²) in [4.78, 5) is 2.58. The highest BCUT2D eigenvalue weighted by atomic mass is 35.5. The number of fused-ring (bicyclic) bond motifs is 2. The molecule has 1 aromatic carbocycles. The summed E-state index contributed by atoms with van der Waals surface area (Å²) >= 11 is 0. The van der Waals surface area contributed by atoms with Crippen molar-refractivity contribution in [3.8, 4) is 11.8 Å². The minimum atomic E-state index is -0.934. The molecule has 1 saturated carbocycles. The zero-order valence-corrected chi connectivity index (χ0v) is 19.3. The van der Waals surface area contributed by atoms with Gasteiger partial charge in [0, 0.05) is 19.0 Å². The van der Waals surface area contributed by atoms with Gasteiger partial charge in [0.05, 0.1) is 6.54 Å². The summed E-state index contributed by atoms with van der Waals surface area (Å²) < 4.78 is 0. The van der Waals surface area contributed by atoms with Crippen LogP contribution in [0.25, 0.3) is 0 Å². The summed E-state index contributed by atoms with van der Waals surface area (Å²) in [5, 5.41) is 11.5. The lowest BCUT2D eigenvalue weighted by Crippen LogP contribution is -2.39. The van der Waals surface area contributed by atoms with Crippen LogP contribution in [0.15, 0.2) is 30.3 Å². The summed E-state index contributed by atoms with van der Waals surface area (Å²) in [7, 11) is 0. The third-order valence-electron chi connectivity index (χ3n) is 6.77. The van der Waals surface area contributed by atoms with E-state index in [1.165, 1.54) is 19.3 Å². The maximum Gasteiger partial charge on any atom is 0.105 e. The van der Waals surface area contributed by atoms with Gasteiger partial charge in [0.1, 0.15) is 5.60 Å². The van der Waals surface area contributed by atoms with Gasteiger partial charge < -0.3 is 5.11 Å². The van der Waals surface area contributed by atoms with Crippen LogP contribution in [0.4, 0.5) is 0 Å². The van der Waals surface area contributed by atoms with Gasteiger partial charge in [-0.25, -0.2) is 0 Å². The molecule has 2 nitrogen and oxygen atoms in total. The van der Waals surface area contributed by atoms with Gasteiger partial charge in [0.2, 0.25) is 0 Å². The van der Waals surface area contributed by atoms with Crippen molar-refractivity contribution in [3.05, 3.63) is 35.9 Å². The van der Waals surface area contributed by atoms with Crippen molar-refractivity contribution in [2.45, 2.75) is 78.9 Å². The predicted octanol–water partition coefficient (Wildman–Crippen LogP) is 5.64. The molecular weight excluding hydrogens is 366 g/mol. The van der Waals surface area contributed by atoms with Gasteiger partial charge in [-0.05, 0) is 41.1 Å². The van der Waals surface area contributed by atoms with Crippen LogP contribution in [0.5, 0.6) is 0 Å². The van der Waals surface area contributed by atoms with E-state index in [0.29, 0.717) is 23.3 Å². The molecule has 3 rings (SSSR count). The second kappa shape index (κ2) is 8.02. The van der Waals surface area contributed by atoms with Gasteiger partial charge in [-0.15, -0.1) is 12.4 Å². The highest BCUT2D eigenvalue weighted by Gasteiger charge is 2.49. The van der Waals surface area contributed by atoms with E-state index in [0.717, 1.165) is 18.7 Å². The summed E-state index contributed by atoms with van der Waals surface area (Å²) in [6, 6.07) is 10.7. The Morgan fingerprint density at radius 1 is 1.07 bits per heavy atom. The largest absolute Gasteiger partial charge is 0.384 e. The predicted molar refractivity (Wildman–Crippen MR) is 121 cm³/mol. The van der Waals surface area contributed by atoms with Crippen LogP contribution in [0, 0.1) is 28.1 Å². The molecule has 1 saturated heterocycles. The number of rotatable bonds is 3. The fourth-order valence-corrected chi connectivity index (χ4v) is 5.62. The molecule has 0 spiro atoms. The van der Waals surface area contributed by atoms with Crippen LogP contribution >= 0.6 is 12.4 Å². The second-order valence-corrected chi connectivity index (χ2v) is 11.1. The zero-order chi connectivity index (χ0) is 19.9. The molecule has 0 radical (unpaired) electrons. The van der Waals surface area contributed by atoms with Crippen molar-refractivity contribution >= 4 is 12.4 Å². The Bertz CT molecular complexity index is 726. The Labute approximate surface area is 178 Å². The van der Waals surface area contributed by atoms with Crippen LogP contribution in [0.1, 0.15) is 72.8 Å². The summed E-state index contributed by atoms with van der Waals surface area (Å²) in [5.74, 6) is 6.73. The van der Waals surface area contributed by atoms with Crippen LogP contribution < -0.4 is 0 Å². The van der Waals surface area contributed by atoms with Crippen molar-refractivity contribution in [3.63, 3.8) is 0 Å². The van der Waals surface area contributed by atoms with Gasteiger partial charge in [-0.2, -0.15) is 0 Å². The number of aliphatic hydroxyl groups is 1. The molecule has 0 amide bonds. The van der Waals surface area contributed by atoms with E-state index in [9.17, 15) is 5.11 Å². The first-order chi connectivity index (χ1) is 12.4. The van der Waals surface area contributed by atoms with Crippen LogP contribution in [-0.2, 0) is 5.60 Å². The quantitative estimate of drug-likeness (QED) is 0.660. The molecule has 1 aliphatic heterocycles. The van der Waals surface area contributed by atoms with Gasteiger partial charge in [-0.1, -0.05) is 83.7 Å². The molecule has 28 heavy (non-hydrogen) atoms. The minimum absolute atomic E-state index is 0. The van der Waals surface area contributed by atoms with Crippen molar-refractivity contribution < 1.29 is 5.11 Å². The van der Waals surface area contributed by atoms with Gasteiger partial charge in [0.25, 0.3) is 0 Å². The van der Waals surface area contributed by atoms with Crippen LogP contribution in [0.3, 0.4) is 0 Å². The highest BCUT2D eigenvalue weighted by molar-refractivity contribution is 5.85. The number of hydrogen-bond donors (Lipinski definition) is 1. The van der Waals surface area contributed by atoms with Crippen molar-refractivity contribution in [2.75, 3.05) is 13.1 Å². The molecule has 1 aromatic rings. The van der Waals surface area contributed by atoms with E-state index in [4.69, 9.17) is 0 Å². The van der Waals surface area contributed by atoms with E-state index in [2.05, 4.69) is 58.3 Å². The fourth-order valence-electron chi connectivity index (χ4n) is 5.62. The van der Waals surface area contributed by atoms with Gasteiger partial charge in [-0.3, -0.25) is 4.90 Å². The average molecular weight is 404 g/mol. The average Bonchev–Trinajstić information content (AvgIpc) is 2.79. The second-order valence-electron chi connectivity index (χ2n) is 11.1. The smallest absolute Gasteiger partial charge is 0.105 e. The normalized spacial score (nSPS) is 28.6. The first kappa shape index (κ1) is 23.3. The molecular formula is C25H38ClNO. The van der Waals surface area contributed by atoms with Crippen molar-refractivity contribution in [1.29, 1.82) is 0 Å². The number of hydrogen-bond acceptors (Lipinski definition) is 2. The zero-order valence-electron chi connectivity index (χ0n) is 18.5. The molecule has 1 aliphatic carbocycles. The summed E-state index contributed by atoms with van der Waals surface area (Å²) in [6.07, 6.45) is 4.38. The maximum atomic E-state index is 11.5. The minimum Gasteiger partial charge on any atom is -0.384 e. The lowest BCUT2D eigenvalue weighted by Gasteiger charge is -2.40. The number of benzene rings is 1. The molecule has 1 N–H and O–H groups in total. The van der Waals surface area contributed by atoms with Crippen molar-refractivity contribution in [2.24, 2.45) is 16.2 Å². The first-order valence-electron chi connectivity index (χ1n) is 10.4. The number of halogens is 1. The van der Waals surface area contributed by atoms with Gasteiger partial charge >= 0.3 is 0 Å². The van der Waals surface area contributed by atoms with Crippen LogP contribution in [-0.4, -0.2) is 29.1 Å². The Morgan fingerprint density at radius 2 is 1.71 bits per heavy atom. The molecule has 156 valence electrons. The Kier molecular flexibility index (Phi) is 6.66. The topological polar surface area (TPSA) is 23.5 Å². The Balaban J connectivity index is 0.00000280. The molecule has 2 aliphatic rings. The summed E-state index contributed by atoms with van der Waals surface area (Å²) in [6.45, 7) is 15.5. The lowest BCUT2D eigenvalue weighted by atomic mass is 9.65. The van der Waals surface area contributed by atoms with Gasteiger partial charge in [0.15, 0.2) is 0 Å².